The van der Waals surface area contributed by atoms with Crippen LogP contribution in [-0.4, -0.2) is 41.2 Å². The highest BCUT2D eigenvalue weighted by Gasteiger charge is 2.41. The molecular formula is C19H14Cl2N2O5. The topological polar surface area (TPSA) is 92.8 Å². The minimum Gasteiger partial charge on any atom is -0.454 e. The first-order chi connectivity index (χ1) is 13.3. The molecule has 2 aromatic rings. The van der Waals surface area contributed by atoms with Crippen molar-refractivity contribution >= 4 is 52.6 Å². The lowest BCUT2D eigenvalue weighted by molar-refractivity contribution is -0.150. The minimum atomic E-state index is -1.18. The van der Waals surface area contributed by atoms with Crippen molar-refractivity contribution in [1.29, 1.82) is 0 Å². The Morgan fingerprint density at radius 1 is 1.04 bits per heavy atom. The highest BCUT2D eigenvalue weighted by Crippen LogP contribution is 2.25. The monoisotopic (exact) mass is 420 g/mol. The Kier molecular flexibility index (Phi) is 5.67. The van der Waals surface area contributed by atoms with Gasteiger partial charge in [-0.2, -0.15) is 0 Å². The molecule has 2 aromatic carbocycles. The first kappa shape index (κ1) is 19.9. The number of halogens is 2. The Bertz CT molecular complexity index is 937. The van der Waals surface area contributed by atoms with Crippen molar-refractivity contribution in [3.63, 3.8) is 0 Å². The largest absolute Gasteiger partial charge is 0.454 e. The Balaban J connectivity index is 1.60. The SMILES string of the molecule is C[C@@H](C(=O)OCC(=O)Nc1cc(Cl)cc(Cl)c1)N1C(=O)c2ccccc2C1=O. The quantitative estimate of drug-likeness (QED) is 0.592. The zero-order valence-electron chi connectivity index (χ0n) is 14.6. The molecule has 28 heavy (non-hydrogen) atoms. The third-order valence-electron chi connectivity index (χ3n) is 4.05. The second-order valence-electron chi connectivity index (χ2n) is 6.02. The Labute approximate surface area is 170 Å². The van der Waals surface area contributed by atoms with Crippen LogP contribution in [0.15, 0.2) is 42.5 Å². The minimum absolute atomic E-state index is 0.225. The maximum absolute atomic E-state index is 12.4. The summed E-state index contributed by atoms with van der Waals surface area (Å²) in [7, 11) is 0. The van der Waals surface area contributed by atoms with Crippen LogP contribution in [0, 0.1) is 0 Å². The average Bonchev–Trinajstić information content (AvgIpc) is 2.89. The average molecular weight is 421 g/mol. The van der Waals surface area contributed by atoms with Crippen LogP contribution in [0.4, 0.5) is 5.69 Å². The molecule has 1 atom stereocenters. The molecule has 1 aliphatic heterocycles. The highest BCUT2D eigenvalue weighted by molar-refractivity contribution is 6.35. The number of nitrogens with zero attached hydrogens (tertiary/aromatic N) is 1. The van der Waals surface area contributed by atoms with Crippen molar-refractivity contribution in [2.75, 3.05) is 11.9 Å². The number of nitrogens with one attached hydrogen (secondary N) is 1. The molecule has 144 valence electrons. The van der Waals surface area contributed by atoms with Gasteiger partial charge < -0.3 is 10.1 Å². The first-order valence-corrected chi connectivity index (χ1v) is 8.93. The normalized spacial score (nSPS) is 13.9. The molecule has 0 spiro atoms. The summed E-state index contributed by atoms with van der Waals surface area (Å²) in [5, 5.41) is 3.15. The molecule has 0 saturated carbocycles. The third kappa shape index (κ3) is 4.00. The summed E-state index contributed by atoms with van der Waals surface area (Å²) in [6.45, 7) is 0.759. The van der Waals surface area contributed by atoms with E-state index < -0.39 is 36.3 Å². The van der Waals surface area contributed by atoms with Crippen LogP contribution in [0.25, 0.3) is 0 Å². The molecule has 1 N–H and O–H groups in total. The predicted molar refractivity (Wildman–Crippen MR) is 102 cm³/mol. The van der Waals surface area contributed by atoms with Crippen LogP contribution in [0.5, 0.6) is 0 Å². The number of carbonyl (C=O) groups excluding carboxylic acids is 4. The van der Waals surface area contributed by atoms with Crippen molar-refractivity contribution < 1.29 is 23.9 Å². The lowest BCUT2D eigenvalue weighted by Gasteiger charge is -2.20. The molecule has 7 nitrogen and oxygen atoms in total. The standard InChI is InChI=1S/C19H14Cl2N2O5/c1-10(23-17(25)14-4-2-3-5-15(14)18(23)26)19(27)28-9-16(24)22-13-7-11(20)6-12(21)8-13/h2-8,10H,9H2,1H3,(H,22,24)/t10-/m0/s1. The van der Waals surface area contributed by atoms with Gasteiger partial charge in [-0.15, -0.1) is 0 Å². The molecule has 1 heterocycles. The fourth-order valence-electron chi connectivity index (χ4n) is 2.75. The predicted octanol–water partition coefficient (Wildman–Crippen LogP) is 3.16. The molecule has 0 unspecified atom stereocenters. The van der Waals surface area contributed by atoms with Crippen molar-refractivity contribution in [2.24, 2.45) is 0 Å². The van der Waals surface area contributed by atoms with E-state index in [0.717, 1.165) is 4.90 Å². The van der Waals surface area contributed by atoms with Gasteiger partial charge >= 0.3 is 5.97 Å². The number of benzene rings is 2. The number of carbonyl (C=O) groups is 4. The van der Waals surface area contributed by atoms with Crippen molar-refractivity contribution in [3.8, 4) is 0 Å². The molecule has 0 fully saturated rings. The van der Waals surface area contributed by atoms with Crippen LogP contribution in [0.2, 0.25) is 10.0 Å². The van der Waals surface area contributed by atoms with Gasteiger partial charge in [0, 0.05) is 15.7 Å². The third-order valence-corrected chi connectivity index (χ3v) is 4.48. The number of fused-ring (bicyclic) bond motifs is 1. The van der Waals surface area contributed by atoms with Gasteiger partial charge in [0.1, 0.15) is 6.04 Å². The smallest absolute Gasteiger partial charge is 0.329 e. The number of amides is 3. The van der Waals surface area contributed by atoms with E-state index in [-0.39, 0.29) is 11.1 Å². The summed E-state index contributed by atoms with van der Waals surface area (Å²) < 4.78 is 4.94. The fourth-order valence-corrected chi connectivity index (χ4v) is 3.27. The van der Waals surface area contributed by atoms with E-state index in [4.69, 9.17) is 27.9 Å². The zero-order chi connectivity index (χ0) is 20.4. The van der Waals surface area contributed by atoms with Crippen LogP contribution >= 0.6 is 23.2 Å². The molecule has 0 radical (unpaired) electrons. The highest BCUT2D eigenvalue weighted by atomic mass is 35.5. The number of esters is 1. The van der Waals surface area contributed by atoms with E-state index in [0.29, 0.717) is 15.7 Å². The number of rotatable bonds is 5. The Morgan fingerprint density at radius 3 is 2.11 bits per heavy atom. The van der Waals surface area contributed by atoms with E-state index in [1.54, 1.807) is 12.1 Å². The number of hydrogen-bond donors (Lipinski definition) is 1. The molecule has 3 amide bonds. The molecule has 3 rings (SSSR count). The molecule has 0 bridgehead atoms. The van der Waals surface area contributed by atoms with Gasteiger partial charge in [0.25, 0.3) is 17.7 Å². The number of imide groups is 1. The van der Waals surface area contributed by atoms with Crippen LogP contribution in [0.3, 0.4) is 0 Å². The van der Waals surface area contributed by atoms with E-state index in [2.05, 4.69) is 5.32 Å². The van der Waals surface area contributed by atoms with Gasteiger partial charge in [0.2, 0.25) is 0 Å². The summed E-state index contributed by atoms with van der Waals surface area (Å²) in [5.74, 6) is -2.67. The van der Waals surface area contributed by atoms with E-state index >= 15 is 0 Å². The second kappa shape index (κ2) is 8.00. The van der Waals surface area contributed by atoms with Gasteiger partial charge in [-0.05, 0) is 37.3 Å². The number of ether oxygens (including phenoxy) is 1. The summed E-state index contributed by atoms with van der Waals surface area (Å²) in [6, 6.07) is 9.56. The first-order valence-electron chi connectivity index (χ1n) is 8.17. The Hall–Kier alpha value is -2.90. The maximum atomic E-state index is 12.4. The summed E-state index contributed by atoms with van der Waals surface area (Å²) in [5.41, 5.74) is 0.789. The summed E-state index contributed by atoms with van der Waals surface area (Å²) in [6.07, 6.45) is 0. The van der Waals surface area contributed by atoms with Gasteiger partial charge in [-0.1, -0.05) is 35.3 Å². The number of hydrogen-bond acceptors (Lipinski definition) is 5. The molecule has 0 saturated heterocycles. The number of anilines is 1. The van der Waals surface area contributed by atoms with E-state index in [9.17, 15) is 19.2 Å². The summed E-state index contributed by atoms with van der Waals surface area (Å²) in [4.78, 5) is 49.8. The van der Waals surface area contributed by atoms with E-state index in [1.807, 2.05) is 0 Å². The van der Waals surface area contributed by atoms with Crippen LogP contribution in [0.1, 0.15) is 27.6 Å². The van der Waals surface area contributed by atoms with Crippen molar-refractivity contribution in [1.82, 2.24) is 4.90 Å². The molecule has 0 aliphatic carbocycles. The van der Waals surface area contributed by atoms with Gasteiger partial charge in [0.05, 0.1) is 11.1 Å². The summed E-state index contributed by atoms with van der Waals surface area (Å²) >= 11 is 11.7. The maximum Gasteiger partial charge on any atom is 0.329 e. The fraction of sp³-hybridized carbons (Fsp3) is 0.158. The molecule has 0 aromatic heterocycles. The van der Waals surface area contributed by atoms with Crippen LogP contribution in [-0.2, 0) is 14.3 Å². The van der Waals surface area contributed by atoms with Gasteiger partial charge in [-0.3, -0.25) is 19.3 Å². The molecular weight excluding hydrogens is 407 g/mol. The zero-order valence-corrected chi connectivity index (χ0v) is 16.1. The van der Waals surface area contributed by atoms with Gasteiger partial charge in [-0.25, -0.2) is 4.79 Å². The Morgan fingerprint density at radius 2 is 1.57 bits per heavy atom. The molecule has 1 aliphatic rings. The van der Waals surface area contributed by atoms with Crippen molar-refractivity contribution in [2.45, 2.75) is 13.0 Å². The lowest BCUT2D eigenvalue weighted by atomic mass is 10.1. The lowest BCUT2D eigenvalue weighted by Crippen LogP contribution is -2.44. The van der Waals surface area contributed by atoms with Gasteiger partial charge in [0.15, 0.2) is 6.61 Å². The van der Waals surface area contributed by atoms with E-state index in [1.165, 1.54) is 37.3 Å². The molecule has 9 heteroatoms. The van der Waals surface area contributed by atoms with Crippen LogP contribution < -0.4 is 5.32 Å². The second-order valence-corrected chi connectivity index (χ2v) is 6.89. The van der Waals surface area contributed by atoms with Crippen molar-refractivity contribution in [3.05, 3.63) is 63.6 Å².